The molecule has 0 aromatic carbocycles. The lowest BCUT2D eigenvalue weighted by Crippen LogP contribution is -2.32. The van der Waals surface area contributed by atoms with Crippen molar-refractivity contribution < 1.29 is 27.5 Å². The number of pyridine rings is 1. The predicted molar refractivity (Wildman–Crippen MR) is 75.1 cm³/mol. The molecule has 1 saturated heterocycles. The predicted octanol–water partition coefficient (Wildman–Crippen LogP) is 2.50. The summed E-state index contributed by atoms with van der Waals surface area (Å²) in [6.07, 6.45) is 0.970. The summed E-state index contributed by atoms with van der Waals surface area (Å²) < 4.78 is 42.0. The van der Waals surface area contributed by atoms with Gasteiger partial charge in [0.1, 0.15) is 0 Å². The maximum Gasteiger partial charge on any atom is 0.492 e. The molecule has 1 aliphatic heterocycles. The summed E-state index contributed by atoms with van der Waals surface area (Å²) in [6, 6.07) is 1.73. The summed E-state index contributed by atoms with van der Waals surface area (Å²) in [6.45, 7) is 1.52. The number of aromatic nitrogens is 1. The number of hydroxylamine groups is 2. The van der Waals surface area contributed by atoms with Gasteiger partial charge in [-0.3, -0.25) is 4.98 Å². The largest absolute Gasteiger partial charge is 0.492 e. The summed E-state index contributed by atoms with van der Waals surface area (Å²) in [5.41, 5.74) is 1.75. The molecule has 1 aromatic rings. The van der Waals surface area contributed by atoms with E-state index in [1.165, 1.54) is 7.05 Å². The van der Waals surface area contributed by atoms with Gasteiger partial charge in [-0.25, -0.2) is 4.79 Å². The van der Waals surface area contributed by atoms with E-state index in [-0.39, 0.29) is 6.54 Å². The number of carbonyl (C=O) groups excluding carboxylic acids is 1. The van der Waals surface area contributed by atoms with E-state index in [1.54, 1.807) is 18.5 Å². The topological polar surface area (TPSA) is 51.7 Å². The van der Waals surface area contributed by atoms with Crippen LogP contribution in [0.15, 0.2) is 18.5 Å². The smallest absolute Gasteiger partial charge is 0.381 e. The number of hydrogen-bond donors (Lipinski definition) is 0. The van der Waals surface area contributed by atoms with Crippen molar-refractivity contribution in [3.63, 3.8) is 0 Å². The van der Waals surface area contributed by atoms with Gasteiger partial charge in [0, 0.05) is 32.7 Å². The second-order valence-electron chi connectivity index (χ2n) is 5.57. The molecule has 0 N–H and O–H groups in total. The Morgan fingerprint density at radius 1 is 1.39 bits per heavy atom. The van der Waals surface area contributed by atoms with E-state index >= 15 is 0 Å². The summed E-state index contributed by atoms with van der Waals surface area (Å²) in [4.78, 5) is 19.2. The van der Waals surface area contributed by atoms with Crippen molar-refractivity contribution in [1.29, 1.82) is 0 Å². The molecule has 0 spiro atoms. The zero-order chi connectivity index (χ0) is 16.9. The molecular weight excluding hydrogens is 313 g/mol. The van der Waals surface area contributed by atoms with Gasteiger partial charge in [-0.05, 0) is 42.4 Å². The van der Waals surface area contributed by atoms with E-state index in [2.05, 4.69) is 9.82 Å². The van der Waals surface area contributed by atoms with E-state index in [0.717, 1.165) is 48.7 Å². The average Bonchev–Trinajstić information content (AvgIpc) is 2.49. The van der Waals surface area contributed by atoms with Crippen molar-refractivity contribution >= 4 is 5.97 Å². The highest BCUT2D eigenvalue weighted by Gasteiger charge is 2.42. The van der Waals surface area contributed by atoms with Crippen LogP contribution >= 0.6 is 0 Å². The van der Waals surface area contributed by atoms with Crippen LogP contribution in [0.2, 0.25) is 0 Å². The third kappa shape index (κ3) is 5.47. The third-order valence-corrected chi connectivity index (χ3v) is 3.72. The first-order valence-electron chi connectivity index (χ1n) is 7.36. The van der Waals surface area contributed by atoms with Crippen molar-refractivity contribution in [2.24, 2.45) is 5.92 Å². The van der Waals surface area contributed by atoms with Crippen LogP contribution in [0.1, 0.15) is 24.0 Å². The van der Waals surface area contributed by atoms with Crippen LogP contribution < -0.4 is 0 Å². The van der Waals surface area contributed by atoms with Crippen molar-refractivity contribution in [2.75, 3.05) is 20.3 Å². The molecule has 0 amide bonds. The zero-order valence-corrected chi connectivity index (χ0v) is 12.8. The quantitative estimate of drug-likeness (QED) is 0.776. The maximum atomic E-state index is 12.2. The average molecular weight is 332 g/mol. The molecule has 2 heterocycles. The Balaban J connectivity index is 1.97. The molecule has 0 atom stereocenters. The van der Waals surface area contributed by atoms with E-state index in [4.69, 9.17) is 4.74 Å². The van der Waals surface area contributed by atoms with E-state index in [9.17, 15) is 18.0 Å². The highest BCUT2D eigenvalue weighted by molar-refractivity contribution is 5.75. The van der Waals surface area contributed by atoms with Crippen LogP contribution in [-0.4, -0.2) is 42.5 Å². The van der Waals surface area contributed by atoms with Crippen LogP contribution in [0.4, 0.5) is 13.2 Å². The molecule has 5 nitrogen and oxygen atoms in total. The minimum atomic E-state index is -5.00. The van der Waals surface area contributed by atoms with Gasteiger partial charge in [0.15, 0.2) is 0 Å². The lowest BCUT2D eigenvalue weighted by molar-refractivity contribution is -0.235. The zero-order valence-electron chi connectivity index (χ0n) is 12.8. The van der Waals surface area contributed by atoms with E-state index < -0.39 is 12.1 Å². The second kappa shape index (κ2) is 7.74. The highest BCUT2D eigenvalue weighted by Crippen LogP contribution is 2.23. The number of hydrogen-bond acceptors (Lipinski definition) is 5. The van der Waals surface area contributed by atoms with Gasteiger partial charge in [0.05, 0.1) is 6.54 Å². The van der Waals surface area contributed by atoms with E-state index in [1.807, 2.05) is 0 Å². The fraction of sp³-hybridized carbons (Fsp3) is 0.600. The molecule has 23 heavy (non-hydrogen) atoms. The van der Waals surface area contributed by atoms with Crippen molar-refractivity contribution in [2.45, 2.75) is 32.0 Å². The van der Waals surface area contributed by atoms with Gasteiger partial charge in [-0.15, -0.1) is 5.06 Å². The van der Waals surface area contributed by atoms with Crippen LogP contribution in [0, 0.1) is 5.92 Å². The molecule has 2 rings (SSSR count). The monoisotopic (exact) mass is 332 g/mol. The Hall–Kier alpha value is -1.67. The molecule has 8 heteroatoms. The maximum absolute atomic E-state index is 12.2. The Morgan fingerprint density at radius 2 is 2.09 bits per heavy atom. The van der Waals surface area contributed by atoms with Gasteiger partial charge in [0.25, 0.3) is 0 Å². The normalized spacial score (nSPS) is 16.6. The second-order valence-corrected chi connectivity index (χ2v) is 5.57. The lowest BCUT2D eigenvalue weighted by Gasteiger charge is -2.24. The molecule has 0 aliphatic carbocycles. The van der Waals surface area contributed by atoms with Gasteiger partial charge < -0.3 is 9.57 Å². The highest BCUT2D eigenvalue weighted by atomic mass is 19.4. The lowest BCUT2D eigenvalue weighted by atomic mass is 9.91. The first-order valence-corrected chi connectivity index (χ1v) is 7.36. The van der Waals surface area contributed by atoms with E-state index in [0.29, 0.717) is 5.92 Å². The Labute approximate surface area is 132 Å². The standard InChI is InChI=1S/C15H19F3N2O3/c1-20(23-14(21)15(16,17)18)10-12-2-5-19-9-13(12)8-11-3-6-22-7-4-11/h2,5,9,11H,3-4,6-8,10H2,1H3. The minimum absolute atomic E-state index is 0.0723. The van der Waals surface area contributed by atoms with Crippen molar-refractivity contribution in [1.82, 2.24) is 10.0 Å². The van der Waals surface area contributed by atoms with Crippen molar-refractivity contribution in [3.8, 4) is 0 Å². The molecule has 0 saturated carbocycles. The van der Waals surface area contributed by atoms with Crippen molar-refractivity contribution in [3.05, 3.63) is 29.6 Å². The number of nitrogens with zero attached hydrogens (tertiary/aromatic N) is 2. The van der Waals surface area contributed by atoms with Gasteiger partial charge in [-0.2, -0.15) is 13.2 Å². The van der Waals surface area contributed by atoms with Crippen LogP contribution in [-0.2, 0) is 27.3 Å². The molecule has 0 radical (unpaired) electrons. The molecule has 1 aromatic heterocycles. The Kier molecular flexibility index (Phi) is 5.95. The Morgan fingerprint density at radius 3 is 2.74 bits per heavy atom. The first kappa shape index (κ1) is 17.7. The molecule has 0 bridgehead atoms. The first-order chi connectivity index (χ1) is 10.9. The van der Waals surface area contributed by atoms with Gasteiger partial charge in [0.2, 0.25) is 0 Å². The minimum Gasteiger partial charge on any atom is -0.381 e. The molecule has 1 aliphatic rings. The van der Waals surface area contributed by atoms with Gasteiger partial charge >= 0.3 is 12.1 Å². The molecule has 128 valence electrons. The summed E-state index contributed by atoms with van der Waals surface area (Å²) in [7, 11) is 1.29. The van der Waals surface area contributed by atoms with Gasteiger partial charge in [-0.1, -0.05) is 0 Å². The number of rotatable bonds is 5. The van der Waals surface area contributed by atoms with Crippen LogP contribution in [0.5, 0.6) is 0 Å². The van der Waals surface area contributed by atoms with Crippen LogP contribution in [0.25, 0.3) is 0 Å². The fourth-order valence-corrected chi connectivity index (χ4v) is 2.52. The molecular formula is C15H19F3N2O3. The number of ether oxygens (including phenoxy) is 1. The van der Waals surface area contributed by atoms with Crippen LogP contribution in [0.3, 0.4) is 0 Å². The summed E-state index contributed by atoms with van der Waals surface area (Å²) in [5.74, 6) is -1.75. The third-order valence-electron chi connectivity index (χ3n) is 3.72. The number of alkyl halides is 3. The molecule has 0 unspecified atom stereocenters. The molecule has 1 fully saturated rings. The number of halogens is 3. The fourth-order valence-electron chi connectivity index (χ4n) is 2.52. The summed E-state index contributed by atoms with van der Waals surface area (Å²) in [5, 5.41) is 0.888. The SMILES string of the molecule is CN(Cc1ccncc1CC1CCOCC1)OC(=O)C(F)(F)F. The Bertz CT molecular complexity index is 531. The number of carbonyl (C=O) groups is 1. The summed E-state index contributed by atoms with van der Waals surface area (Å²) >= 11 is 0.